The first-order chi connectivity index (χ1) is 9.63. The molecule has 0 radical (unpaired) electrons. The molecule has 112 valence electrons. The Morgan fingerprint density at radius 1 is 1.48 bits per heavy atom. The van der Waals surface area contributed by atoms with Crippen molar-refractivity contribution in [2.45, 2.75) is 6.92 Å². The van der Waals surface area contributed by atoms with Crippen LogP contribution < -0.4 is 16.0 Å². The van der Waals surface area contributed by atoms with Gasteiger partial charge in [0.25, 0.3) is 5.91 Å². The molecule has 1 heterocycles. The van der Waals surface area contributed by atoms with Crippen molar-refractivity contribution in [3.63, 3.8) is 0 Å². The van der Waals surface area contributed by atoms with Crippen LogP contribution in [0.2, 0.25) is 0 Å². The minimum absolute atomic E-state index is 0. The Morgan fingerprint density at radius 3 is 2.81 bits per heavy atom. The Labute approximate surface area is 129 Å². The van der Waals surface area contributed by atoms with E-state index >= 15 is 0 Å². The second-order valence-electron chi connectivity index (χ2n) is 4.20. The molecule has 2 rings (SSSR count). The fourth-order valence-corrected chi connectivity index (χ4v) is 1.78. The van der Waals surface area contributed by atoms with Crippen LogP contribution in [0.4, 0.5) is 0 Å². The fraction of sp³-hybridized carbons (Fsp3) is 0.143. The van der Waals surface area contributed by atoms with E-state index in [-0.39, 0.29) is 18.3 Å². The molecule has 1 aromatic carbocycles. The number of imidazole rings is 1. The molecule has 1 amide bonds. The highest BCUT2D eigenvalue weighted by Gasteiger charge is 2.06. The minimum Gasteiger partial charge on any atom is -0.495 e. The van der Waals surface area contributed by atoms with Crippen LogP contribution in [0.3, 0.4) is 0 Å². The predicted octanol–water partition coefficient (Wildman–Crippen LogP) is 1.61. The normalized spacial score (nSPS) is 10.2. The van der Waals surface area contributed by atoms with Crippen molar-refractivity contribution in [1.29, 1.82) is 0 Å². The van der Waals surface area contributed by atoms with E-state index in [2.05, 4.69) is 4.98 Å². The van der Waals surface area contributed by atoms with E-state index in [1.807, 2.05) is 41.3 Å². The van der Waals surface area contributed by atoms with Crippen molar-refractivity contribution in [2.24, 2.45) is 5.84 Å². The van der Waals surface area contributed by atoms with Crippen LogP contribution in [-0.4, -0.2) is 22.6 Å². The minimum atomic E-state index is -0.363. The lowest BCUT2D eigenvalue weighted by Gasteiger charge is -2.09. The molecule has 0 aliphatic carbocycles. The summed E-state index contributed by atoms with van der Waals surface area (Å²) in [6, 6.07) is 5.62. The second-order valence-corrected chi connectivity index (χ2v) is 4.20. The average molecular weight is 309 g/mol. The first-order valence-electron chi connectivity index (χ1n) is 6.01. The third-order valence-electron chi connectivity index (χ3n) is 2.76. The van der Waals surface area contributed by atoms with Crippen LogP contribution >= 0.6 is 12.4 Å². The number of amides is 1. The molecular formula is C14H17ClN4O2. The Bertz CT molecular complexity index is 652. The number of carbonyl (C=O) groups excluding carboxylic acids is 1. The van der Waals surface area contributed by atoms with E-state index in [0.29, 0.717) is 5.75 Å². The zero-order valence-electron chi connectivity index (χ0n) is 11.7. The van der Waals surface area contributed by atoms with Gasteiger partial charge in [0.1, 0.15) is 5.75 Å². The zero-order chi connectivity index (χ0) is 14.5. The van der Waals surface area contributed by atoms with Crippen LogP contribution in [0.15, 0.2) is 36.8 Å². The Morgan fingerprint density at radius 2 is 2.24 bits per heavy atom. The summed E-state index contributed by atoms with van der Waals surface area (Å²) in [5.41, 5.74) is 4.68. The quantitative estimate of drug-likeness (QED) is 0.389. The summed E-state index contributed by atoms with van der Waals surface area (Å²) in [5, 5.41) is 0. The average Bonchev–Trinajstić information content (AvgIpc) is 2.90. The van der Waals surface area contributed by atoms with Crippen LogP contribution in [0.25, 0.3) is 11.8 Å². The lowest BCUT2D eigenvalue weighted by atomic mass is 10.1. The molecule has 0 fully saturated rings. The van der Waals surface area contributed by atoms with E-state index in [9.17, 15) is 4.79 Å². The molecule has 6 nitrogen and oxygen atoms in total. The van der Waals surface area contributed by atoms with Gasteiger partial charge in [0.05, 0.1) is 24.8 Å². The standard InChI is InChI=1S/C14H16N4O2.ClH/c1-10-8-18(9-16-10)12-5-3-11(7-13(12)20-2)4-6-14(19)17-15;/h3-9H,15H2,1-2H3,(H,17,19);1H/b6-4+;. The van der Waals surface area contributed by atoms with Gasteiger partial charge in [-0.25, -0.2) is 10.8 Å². The number of nitrogens with zero attached hydrogens (tertiary/aromatic N) is 2. The van der Waals surface area contributed by atoms with Crippen LogP contribution in [0, 0.1) is 6.92 Å². The summed E-state index contributed by atoms with van der Waals surface area (Å²) in [6.45, 7) is 1.92. The van der Waals surface area contributed by atoms with Crippen molar-refractivity contribution >= 4 is 24.4 Å². The molecule has 0 saturated carbocycles. The van der Waals surface area contributed by atoms with Crippen LogP contribution in [0.5, 0.6) is 5.75 Å². The highest BCUT2D eigenvalue weighted by molar-refractivity contribution is 5.91. The Kier molecular flexibility index (Phi) is 5.95. The summed E-state index contributed by atoms with van der Waals surface area (Å²) < 4.78 is 7.26. The van der Waals surface area contributed by atoms with Crippen LogP contribution in [0.1, 0.15) is 11.3 Å². The highest BCUT2D eigenvalue weighted by atomic mass is 35.5. The molecule has 0 bridgehead atoms. The van der Waals surface area contributed by atoms with Gasteiger partial charge in [-0.2, -0.15) is 0 Å². The molecule has 3 N–H and O–H groups in total. The molecule has 0 atom stereocenters. The number of hydrogen-bond donors (Lipinski definition) is 2. The Hall–Kier alpha value is -2.31. The largest absolute Gasteiger partial charge is 0.495 e. The third kappa shape index (κ3) is 4.08. The summed E-state index contributed by atoms with van der Waals surface area (Å²) in [6.07, 6.45) is 6.66. The molecule has 1 aromatic heterocycles. The second kappa shape index (κ2) is 7.47. The molecule has 0 aliphatic rings. The van der Waals surface area contributed by atoms with Gasteiger partial charge in [0, 0.05) is 12.3 Å². The topological polar surface area (TPSA) is 82.2 Å². The Balaban J connectivity index is 0.00000220. The van der Waals surface area contributed by atoms with Gasteiger partial charge >= 0.3 is 0 Å². The molecule has 0 unspecified atom stereocenters. The summed E-state index contributed by atoms with van der Waals surface area (Å²) in [4.78, 5) is 15.3. The molecule has 0 spiro atoms. The van der Waals surface area contributed by atoms with E-state index in [1.165, 1.54) is 6.08 Å². The van der Waals surface area contributed by atoms with E-state index in [1.54, 1.807) is 19.5 Å². The lowest BCUT2D eigenvalue weighted by molar-refractivity contribution is -0.116. The number of rotatable bonds is 4. The molecule has 21 heavy (non-hydrogen) atoms. The number of nitrogens with one attached hydrogen (secondary N) is 1. The first kappa shape index (κ1) is 16.7. The number of nitrogens with two attached hydrogens (primary N) is 1. The van der Waals surface area contributed by atoms with Crippen molar-refractivity contribution < 1.29 is 9.53 Å². The van der Waals surface area contributed by atoms with Gasteiger partial charge in [-0.3, -0.25) is 10.2 Å². The zero-order valence-corrected chi connectivity index (χ0v) is 12.6. The van der Waals surface area contributed by atoms with Gasteiger partial charge in [0.2, 0.25) is 0 Å². The maximum absolute atomic E-state index is 11.1. The van der Waals surface area contributed by atoms with Gasteiger partial charge in [0.15, 0.2) is 0 Å². The smallest absolute Gasteiger partial charge is 0.257 e. The number of benzene rings is 1. The van der Waals surface area contributed by atoms with Gasteiger partial charge < -0.3 is 9.30 Å². The molecule has 0 saturated heterocycles. The number of aromatic nitrogens is 2. The lowest BCUT2D eigenvalue weighted by Crippen LogP contribution is -2.27. The predicted molar refractivity (Wildman–Crippen MR) is 83.5 cm³/mol. The number of hydrazine groups is 1. The SMILES string of the molecule is COc1cc(/C=C/C(=O)NN)ccc1-n1cnc(C)c1.Cl. The maximum atomic E-state index is 11.1. The molecular weight excluding hydrogens is 292 g/mol. The van der Waals surface area contributed by atoms with E-state index < -0.39 is 0 Å². The number of aryl methyl sites for hydroxylation is 1. The van der Waals surface area contributed by atoms with Gasteiger partial charge in [-0.1, -0.05) is 6.07 Å². The third-order valence-corrected chi connectivity index (χ3v) is 2.76. The first-order valence-corrected chi connectivity index (χ1v) is 6.01. The van der Waals surface area contributed by atoms with Crippen molar-refractivity contribution in [2.75, 3.05) is 7.11 Å². The number of ether oxygens (including phenoxy) is 1. The monoisotopic (exact) mass is 308 g/mol. The summed E-state index contributed by atoms with van der Waals surface area (Å²) >= 11 is 0. The summed E-state index contributed by atoms with van der Waals surface area (Å²) in [7, 11) is 1.60. The number of carbonyl (C=O) groups is 1. The van der Waals surface area contributed by atoms with E-state index in [0.717, 1.165) is 16.9 Å². The van der Waals surface area contributed by atoms with Crippen LogP contribution in [-0.2, 0) is 4.79 Å². The van der Waals surface area contributed by atoms with Gasteiger partial charge in [-0.15, -0.1) is 12.4 Å². The number of halogens is 1. The van der Waals surface area contributed by atoms with E-state index in [4.69, 9.17) is 10.6 Å². The van der Waals surface area contributed by atoms with Crippen molar-refractivity contribution in [1.82, 2.24) is 15.0 Å². The molecule has 0 aliphatic heterocycles. The fourth-order valence-electron chi connectivity index (χ4n) is 1.78. The number of methoxy groups -OCH3 is 1. The number of hydrogen-bond acceptors (Lipinski definition) is 4. The molecule has 2 aromatic rings. The summed E-state index contributed by atoms with van der Waals surface area (Å²) in [5.74, 6) is 5.34. The van der Waals surface area contributed by atoms with Crippen molar-refractivity contribution in [3.8, 4) is 11.4 Å². The molecule has 7 heteroatoms. The highest BCUT2D eigenvalue weighted by Crippen LogP contribution is 2.25. The van der Waals surface area contributed by atoms with Gasteiger partial charge in [-0.05, 0) is 30.7 Å². The van der Waals surface area contributed by atoms with Crippen molar-refractivity contribution in [3.05, 3.63) is 48.1 Å². The maximum Gasteiger partial charge on any atom is 0.257 e.